The molecule has 0 saturated carbocycles. The maximum absolute atomic E-state index is 15.2. The van der Waals surface area contributed by atoms with Crippen LogP contribution in [-0.2, 0) is 21.4 Å². The summed E-state index contributed by atoms with van der Waals surface area (Å²) >= 11 is 5.86. The predicted molar refractivity (Wildman–Crippen MR) is 136 cm³/mol. The summed E-state index contributed by atoms with van der Waals surface area (Å²) in [6.45, 7) is 1.90. The molecule has 0 radical (unpaired) electrons. The van der Waals surface area contributed by atoms with E-state index in [9.17, 15) is 12.8 Å². The van der Waals surface area contributed by atoms with Crippen LogP contribution in [0.5, 0.6) is 11.6 Å². The minimum absolute atomic E-state index is 0.00965. The van der Waals surface area contributed by atoms with Crippen LogP contribution in [0.4, 0.5) is 14.6 Å². The normalized spacial score (nSPS) is 15.9. The predicted octanol–water partition coefficient (Wildman–Crippen LogP) is 4.55. The average molecular weight is 581 g/mol. The van der Waals surface area contributed by atoms with Crippen LogP contribution in [0, 0.1) is 18.6 Å². The molecule has 15 heteroatoms. The number of hydrogen-bond acceptors (Lipinski definition) is 9. The lowest BCUT2D eigenvalue weighted by molar-refractivity contribution is -0.0371. The van der Waals surface area contributed by atoms with Crippen molar-refractivity contribution in [3.63, 3.8) is 0 Å². The van der Waals surface area contributed by atoms with E-state index in [4.69, 9.17) is 25.8 Å². The molecule has 0 bridgehead atoms. The molecular formula is C24H23ClF2N6O5S. The Kier molecular flexibility index (Phi) is 7.51. The summed E-state index contributed by atoms with van der Waals surface area (Å²) in [6, 6.07) is 2.75. The Morgan fingerprint density at radius 3 is 2.74 bits per heavy atom. The third-order valence-electron chi connectivity index (χ3n) is 6.08. The first-order valence-electron chi connectivity index (χ1n) is 11.8. The van der Waals surface area contributed by atoms with Gasteiger partial charge in [0.05, 0.1) is 35.8 Å². The summed E-state index contributed by atoms with van der Waals surface area (Å²) in [5.74, 6) is -3.04. The van der Waals surface area contributed by atoms with Crippen LogP contribution in [0.3, 0.4) is 0 Å². The number of aromatic nitrogens is 5. The van der Waals surface area contributed by atoms with Crippen LogP contribution in [0.15, 0.2) is 35.6 Å². The van der Waals surface area contributed by atoms with Crippen molar-refractivity contribution in [1.29, 1.82) is 0 Å². The quantitative estimate of drug-likeness (QED) is 0.319. The molecule has 4 aromatic heterocycles. The molecule has 1 aliphatic rings. The molecule has 11 nitrogen and oxygen atoms in total. The van der Waals surface area contributed by atoms with E-state index in [1.807, 2.05) is 11.6 Å². The molecule has 0 spiro atoms. The van der Waals surface area contributed by atoms with Gasteiger partial charge < -0.3 is 14.2 Å². The van der Waals surface area contributed by atoms with Crippen molar-refractivity contribution in [3.05, 3.63) is 58.6 Å². The second-order valence-electron chi connectivity index (χ2n) is 8.70. The number of nitrogens with one attached hydrogen (secondary N) is 1. The van der Waals surface area contributed by atoms with Crippen molar-refractivity contribution < 1.29 is 31.4 Å². The fourth-order valence-electron chi connectivity index (χ4n) is 4.15. The Morgan fingerprint density at radius 2 is 2.00 bits per heavy atom. The number of rotatable bonds is 8. The van der Waals surface area contributed by atoms with Gasteiger partial charge in [-0.1, -0.05) is 11.6 Å². The molecule has 1 saturated heterocycles. The van der Waals surface area contributed by atoms with E-state index in [0.29, 0.717) is 29.5 Å². The minimum Gasteiger partial charge on any atom is -0.487 e. The SMILES string of the molecule is COc1ncc(Cl)cc1S(=O)(=O)Nc1ncc(F)c(COc2cnc3c(c2)c(C)nn3C2CCCCO2)c1F. The smallest absolute Gasteiger partial charge is 0.268 e. The first kappa shape index (κ1) is 27.0. The molecule has 4 aromatic rings. The van der Waals surface area contributed by atoms with Gasteiger partial charge in [-0.05, 0) is 38.3 Å². The lowest BCUT2D eigenvalue weighted by Gasteiger charge is -2.23. The molecule has 5 rings (SSSR count). The van der Waals surface area contributed by atoms with Gasteiger partial charge in [0, 0.05) is 18.2 Å². The number of anilines is 1. The Labute approximate surface area is 227 Å². The van der Waals surface area contributed by atoms with Crippen LogP contribution in [0.1, 0.15) is 36.7 Å². The first-order chi connectivity index (χ1) is 18.7. The van der Waals surface area contributed by atoms with Crippen LogP contribution < -0.4 is 14.2 Å². The summed E-state index contributed by atoms with van der Waals surface area (Å²) < 4.78 is 75.7. The fraction of sp³-hybridized carbons (Fsp3) is 0.333. The van der Waals surface area contributed by atoms with Gasteiger partial charge in [-0.15, -0.1) is 0 Å². The van der Waals surface area contributed by atoms with E-state index in [0.717, 1.165) is 25.3 Å². The van der Waals surface area contributed by atoms with E-state index >= 15 is 4.39 Å². The van der Waals surface area contributed by atoms with E-state index < -0.39 is 44.5 Å². The zero-order valence-corrected chi connectivity index (χ0v) is 22.4. The monoisotopic (exact) mass is 580 g/mol. The lowest BCUT2D eigenvalue weighted by atomic mass is 10.2. The summed E-state index contributed by atoms with van der Waals surface area (Å²) in [4.78, 5) is 11.3. The Morgan fingerprint density at radius 1 is 1.18 bits per heavy atom. The number of halogens is 3. The van der Waals surface area contributed by atoms with Crippen LogP contribution in [0.25, 0.3) is 11.0 Å². The van der Waals surface area contributed by atoms with Gasteiger partial charge >= 0.3 is 0 Å². The molecule has 206 valence electrons. The number of ether oxygens (including phenoxy) is 3. The lowest BCUT2D eigenvalue weighted by Crippen LogP contribution is -2.19. The van der Waals surface area contributed by atoms with Crippen molar-refractivity contribution in [3.8, 4) is 11.6 Å². The molecule has 0 aliphatic carbocycles. The number of aryl methyl sites for hydroxylation is 1. The second kappa shape index (κ2) is 10.9. The molecule has 1 fully saturated rings. The van der Waals surface area contributed by atoms with Gasteiger partial charge in [0.2, 0.25) is 5.88 Å². The third-order valence-corrected chi connectivity index (χ3v) is 7.62. The highest BCUT2D eigenvalue weighted by atomic mass is 35.5. The van der Waals surface area contributed by atoms with Crippen molar-refractivity contribution in [2.75, 3.05) is 18.4 Å². The molecule has 1 N–H and O–H groups in total. The molecule has 1 aliphatic heterocycles. The van der Waals surface area contributed by atoms with E-state index in [1.165, 1.54) is 19.5 Å². The molecular weight excluding hydrogens is 558 g/mol. The average Bonchev–Trinajstić information content (AvgIpc) is 3.26. The van der Waals surface area contributed by atoms with Gasteiger partial charge in [0.1, 0.15) is 12.4 Å². The molecule has 1 unspecified atom stereocenters. The van der Waals surface area contributed by atoms with E-state index in [1.54, 1.807) is 10.7 Å². The Bertz CT molecular complexity index is 1650. The first-order valence-corrected chi connectivity index (χ1v) is 13.7. The number of nitrogens with zero attached hydrogens (tertiary/aromatic N) is 5. The van der Waals surface area contributed by atoms with Crippen molar-refractivity contribution >= 4 is 38.5 Å². The van der Waals surface area contributed by atoms with Crippen LogP contribution in [-0.4, -0.2) is 46.9 Å². The van der Waals surface area contributed by atoms with Gasteiger partial charge in [0.15, 0.2) is 34.2 Å². The maximum Gasteiger partial charge on any atom is 0.268 e. The largest absolute Gasteiger partial charge is 0.487 e. The van der Waals surface area contributed by atoms with Gasteiger partial charge in [0.25, 0.3) is 10.0 Å². The highest BCUT2D eigenvalue weighted by molar-refractivity contribution is 7.92. The summed E-state index contributed by atoms with van der Waals surface area (Å²) in [5.41, 5.74) is 0.763. The van der Waals surface area contributed by atoms with Crippen LogP contribution >= 0.6 is 11.6 Å². The summed E-state index contributed by atoms with van der Waals surface area (Å²) in [5, 5.41) is 5.26. The minimum atomic E-state index is -4.45. The molecule has 1 atom stereocenters. The van der Waals surface area contributed by atoms with Crippen LogP contribution in [0.2, 0.25) is 5.02 Å². The van der Waals surface area contributed by atoms with Crippen molar-refractivity contribution in [2.45, 2.75) is 43.9 Å². The number of hydrogen-bond donors (Lipinski definition) is 1. The summed E-state index contributed by atoms with van der Waals surface area (Å²) in [6.07, 6.45) is 5.93. The number of pyridine rings is 3. The second-order valence-corrected chi connectivity index (χ2v) is 10.8. The number of methoxy groups -OCH3 is 1. The topological polar surface area (TPSA) is 130 Å². The highest BCUT2D eigenvalue weighted by Crippen LogP contribution is 2.30. The Hall–Kier alpha value is -3.62. The summed E-state index contributed by atoms with van der Waals surface area (Å²) in [7, 11) is -3.24. The van der Waals surface area contributed by atoms with Crippen molar-refractivity contribution in [2.24, 2.45) is 0 Å². The molecule has 5 heterocycles. The molecule has 0 amide bonds. The van der Waals surface area contributed by atoms with Gasteiger partial charge in [-0.3, -0.25) is 4.72 Å². The molecule has 0 aromatic carbocycles. The zero-order chi connectivity index (χ0) is 27.7. The Balaban J connectivity index is 1.38. The van der Waals surface area contributed by atoms with Crippen molar-refractivity contribution in [1.82, 2.24) is 24.7 Å². The van der Waals surface area contributed by atoms with Gasteiger partial charge in [-0.2, -0.15) is 5.10 Å². The standard InChI is InChI=1S/C24H23ClF2N6O5S/c1-13-16-8-15(10-29-23(16)33(31-13)20-5-3-4-6-37-20)38-12-17-18(26)11-28-22(21(17)27)32-39(34,35)19-7-14(25)9-30-24(19)36-2/h7-11,20H,3-6,12H2,1-2H3,(H,28,32). The number of fused-ring (bicyclic) bond motifs is 1. The molecule has 39 heavy (non-hydrogen) atoms. The van der Waals surface area contributed by atoms with E-state index in [2.05, 4.69) is 20.1 Å². The van der Waals surface area contributed by atoms with Gasteiger partial charge in [-0.25, -0.2) is 36.8 Å². The highest BCUT2D eigenvalue weighted by Gasteiger charge is 2.26. The fourth-order valence-corrected chi connectivity index (χ4v) is 5.52. The zero-order valence-electron chi connectivity index (χ0n) is 20.8. The maximum atomic E-state index is 15.2. The third kappa shape index (κ3) is 5.44. The number of sulfonamides is 1. The van der Waals surface area contributed by atoms with E-state index in [-0.39, 0.29) is 22.9 Å².